The summed E-state index contributed by atoms with van der Waals surface area (Å²) >= 11 is 0. The largest absolute Gasteiger partial charge is 0.378 e. The number of piperidine rings is 1. The molecule has 0 unspecified atom stereocenters. The predicted molar refractivity (Wildman–Crippen MR) is 83.3 cm³/mol. The Bertz CT molecular complexity index is 402. The van der Waals surface area contributed by atoms with E-state index in [4.69, 9.17) is 4.74 Å². The lowest BCUT2D eigenvalue weighted by Gasteiger charge is -2.38. The van der Waals surface area contributed by atoms with E-state index < -0.39 is 10.2 Å². The molecular formula is C14H29N3O3S. The lowest BCUT2D eigenvalue weighted by atomic mass is 9.90. The molecule has 1 heterocycles. The zero-order valence-electron chi connectivity index (χ0n) is 13.2. The van der Waals surface area contributed by atoms with Gasteiger partial charge in [0.1, 0.15) is 0 Å². The van der Waals surface area contributed by atoms with E-state index in [0.717, 1.165) is 38.8 Å². The van der Waals surface area contributed by atoms with Crippen molar-refractivity contribution in [2.75, 3.05) is 32.8 Å². The van der Waals surface area contributed by atoms with Crippen molar-refractivity contribution in [2.24, 2.45) is 5.92 Å². The fourth-order valence-corrected chi connectivity index (χ4v) is 4.48. The van der Waals surface area contributed by atoms with Crippen molar-refractivity contribution in [3.63, 3.8) is 0 Å². The van der Waals surface area contributed by atoms with Gasteiger partial charge in [-0.15, -0.1) is 0 Å². The summed E-state index contributed by atoms with van der Waals surface area (Å²) in [5.41, 5.74) is 0. The Kier molecular flexibility index (Phi) is 6.43. The van der Waals surface area contributed by atoms with Gasteiger partial charge in [0.25, 0.3) is 10.2 Å². The Balaban J connectivity index is 1.72. The lowest BCUT2D eigenvalue weighted by molar-refractivity contribution is -0.00513. The zero-order valence-corrected chi connectivity index (χ0v) is 14.0. The summed E-state index contributed by atoms with van der Waals surface area (Å²) in [7, 11) is -3.32. The van der Waals surface area contributed by atoms with Gasteiger partial charge < -0.3 is 10.1 Å². The van der Waals surface area contributed by atoms with Crippen LogP contribution in [0.3, 0.4) is 0 Å². The molecule has 6 nitrogen and oxygen atoms in total. The van der Waals surface area contributed by atoms with Crippen molar-refractivity contribution in [1.82, 2.24) is 14.3 Å². The fraction of sp³-hybridized carbons (Fsp3) is 1.00. The standard InChI is InChI=1S/C14H29N3O3S/c1-3-15-11-12-5-7-17(8-6-12)21(18,19)16-13-9-14(10-13)20-4-2/h12-16H,3-11H2,1-2H3. The summed E-state index contributed by atoms with van der Waals surface area (Å²) in [4.78, 5) is 0. The van der Waals surface area contributed by atoms with E-state index in [-0.39, 0.29) is 12.1 Å². The van der Waals surface area contributed by atoms with Crippen molar-refractivity contribution in [1.29, 1.82) is 0 Å². The zero-order chi connectivity index (χ0) is 15.3. The Labute approximate surface area is 128 Å². The van der Waals surface area contributed by atoms with Crippen molar-refractivity contribution in [3.8, 4) is 0 Å². The maximum atomic E-state index is 12.3. The molecule has 21 heavy (non-hydrogen) atoms. The molecule has 0 aromatic carbocycles. The van der Waals surface area contributed by atoms with E-state index in [1.54, 1.807) is 4.31 Å². The molecule has 2 fully saturated rings. The monoisotopic (exact) mass is 319 g/mol. The summed E-state index contributed by atoms with van der Waals surface area (Å²) in [6, 6.07) is 0.0473. The first-order valence-corrected chi connectivity index (χ1v) is 9.58. The van der Waals surface area contributed by atoms with Gasteiger partial charge in [0.05, 0.1) is 6.10 Å². The van der Waals surface area contributed by atoms with Crippen LogP contribution in [0.4, 0.5) is 0 Å². The Morgan fingerprint density at radius 1 is 1.19 bits per heavy atom. The summed E-state index contributed by atoms with van der Waals surface area (Å²) in [6.45, 7) is 8.00. The number of rotatable bonds is 8. The van der Waals surface area contributed by atoms with E-state index >= 15 is 0 Å². The smallest absolute Gasteiger partial charge is 0.279 e. The van der Waals surface area contributed by atoms with Gasteiger partial charge in [-0.1, -0.05) is 6.92 Å². The molecule has 2 N–H and O–H groups in total. The van der Waals surface area contributed by atoms with Crippen molar-refractivity contribution in [3.05, 3.63) is 0 Å². The quantitative estimate of drug-likeness (QED) is 0.691. The fourth-order valence-electron chi connectivity index (χ4n) is 3.02. The predicted octanol–water partition coefficient (Wildman–Crippen LogP) is 0.710. The molecule has 0 aromatic heterocycles. The van der Waals surface area contributed by atoms with Crippen molar-refractivity contribution < 1.29 is 13.2 Å². The third kappa shape index (κ3) is 4.89. The summed E-state index contributed by atoms with van der Waals surface area (Å²) in [5.74, 6) is 0.599. The topological polar surface area (TPSA) is 70.7 Å². The molecule has 7 heteroatoms. The highest BCUT2D eigenvalue weighted by Gasteiger charge is 2.35. The van der Waals surface area contributed by atoms with E-state index in [0.29, 0.717) is 25.6 Å². The molecule has 0 amide bonds. The van der Waals surface area contributed by atoms with Gasteiger partial charge in [-0.3, -0.25) is 0 Å². The summed E-state index contributed by atoms with van der Waals surface area (Å²) < 4.78 is 34.5. The molecule has 0 aromatic rings. The Morgan fingerprint density at radius 2 is 1.86 bits per heavy atom. The number of nitrogens with zero attached hydrogens (tertiary/aromatic N) is 1. The second-order valence-electron chi connectivity index (χ2n) is 6.02. The molecule has 0 spiro atoms. The molecule has 1 saturated carbocycles. The van der Waals surface area contributed by atoms with E-state index in [1.165, 1.54) is 0 Å². The third-order valence-electron chi connectivity index (χ3n) is 4.41. The van der Waals surface area contributed by atoms with Crippen LogP contribution in [-0.2, 0) is 14.9 Å². The highest BCUT2D eigenvalue weighted by molar-refractivity contribution is 7.87. The van der Waals surface area contributed by atoms with Crippen LogP contribution in [0.5, 0.6) is 0 Å². The van der Waals surface area contributed by atoms with E-state index in [2.05, 4.69) is 17.0 Å². The summed E-state index contributed by atoms with van der Waals surface area (Å²) in [5, 5.41) is 3.34. The van der Waals surface area contributed by atoms with Crippen LogP contribution >= 0.6 is 0 Å². The minimum Gasteiger partial charge on any atom is -0.378 e. The molecule has 0 radical (unpaired) electrons. The first-order chi connectivity index (χ1) is 10.0. The van der Waals surface area contributed by atoms with Gasteiger partial charge in [0.2, 0.25) is 0 Å². The van der Waals surface area contributed by atoms with Gasteiger partial charge >= 0.3 is 0 Å². The van der Waals surface area contributed by atoms with E-state index in [9.17, 15) is 8.42 Å². The second kappa shape index (κ2) is 7.87. The van der Waals surface area contributed by atoms with Crippen LogP contribution in [-0.4, -0.2) is 57.7 Å². The van der Waals surface area contributed by atoms with Crippen LogP contribution in [0.15, 0.2) is 0 Å². The normalized spacial score (nSPS) is 28.5. The van der Waals surface area contributed by atoms with Crippen molar-refractivity contribution in [2.45, 2.75) is 51.7 Å². The van der Waals surface area contributed by atoms with Crippen LogP contribution in [0.1, 0.15) is 39.5 Å². The maximum Gasteiger partial charge on any atom is 0.279 e. The van der Waals surface area contributed by atoms with Crippen LogP contribution in [0.2, 0.25) is 0 Å². The highest BCUT2D eigenvalue weighted by atomic mass is 32.2. The van der Waals surface area contributed by atoms with Gasteiger partial charge in [-0.25, -0.2) is 0 Å². The van der Waals surface area contributed by atoms with Gasteiger partial charge in [0.15, 0.2) is 0 Å². The van der Waals surface area contributed by atoms with E-state index in [1.807, 2.05) is 6.92 Å². The molecule has 0 bridgehead atoms. The Hall–Kier alpha value is -0.210. The van der Waals surface area contributed by atoms with Crippen LogP contribution in [0, 0.1) is 5.92 Å². The summed E-state index contributed by atoms with van der Waals surface area (Å²) in [6.07, 6.45) is 3.71. The lowest BCUT2D eigenvalue weighted by Crippen LogP contribution is -2.53. The average molecular weight is 319 g/mol. The molecule has 0 atom stereocenters. The number of ether oxygens (including phenoxy) is 1. The first-order valence-electron chi connectivity index (χ1n) is 8.14. The Morgan fingerprint density at radius 3 is 2.43 bits per heavy atom. The molecule has 124 valence electrons. The molecule has 2 aliphatic rings. The molecule has 1 aliphatic carbocycles. The number of hydrogen-bond acceptors (Lipinski definition) is 4. The molecular weight excluding hydrogens is 290 g/mol. The second-order valence-corrected chi connectivity index (χ2v) is 7.72. The number of nitrogens with one attached hydrogen (secondary N) is 2. The minimum atomic E-state index is -3.32. The molecule has 2 rings (SSSR count). The van der Waals surface area contributed by atoms with Gasteiger partial charge in [0, 0.05) is 25.7 Å². The molecule has 1 aliphatic heterocycles. The SMILES string of the molecule is CCNCC1CCN(S(=O)(=O)NC2CC(OCC)C2)CC1. The van der Waals surface area contributed by atoms with Gasteiger partial charge in [-0.2, -0.15) is 17.4 Å². The first kappa shape index (κ1) is 17.1. The maximum absolute atomic E-state index is 12.3. The van der Waals surface area contributed by atoms with Crippen LogP contribution < -0.4 is 10.0 Å². The van der Waals surface area contributed by atoms with Crippen LogP contribution in [0.25, 0.3) is 0 Å². The highest BCUT2D eigenvalue weighted by Crippen LogP contribution is 2.25. The molecule has 1 saturated heterocycles. The van der Waals surface area contributed by atoms with Gasteiger partial charge in [-0.05, 0) is 51.6 Å². The average Bonchev–Trinajstić information content (AvgIpc) is 2.43. The minimum absolute atomic E-state index is 0.0473. The third-order valence-corrected chi connectivity index (χ3v) is 6.09. The van der Waals surface area contributed by atoms with Crippen molar-refractivity contribution >= 4 is 10.2 Å². The number of hydrogen-bond donors (Lipinski definition) is 2.